The fourth-order valence-electron chi connectivity index (χ4n) is 3.63. The average Bonchev–Trinajstić information content (AvgIpc) is 3.31. The van der Waals surface area contributed by atoms with Crippen LogP contribution >= 0.6 is 28.1 Å². The van der Waals surface area contributed by atoms with E-state index in [9.17, 15) is 4.39 Å². The van der Waals surface area contributed by atoms with Crippen LogP contribution < -0.4 is 5.32 Å². The molecule has 4 rings (SSSR count). The lowest BCUT2D eigenvalue weighted by atomic mass is 10.0. The van der Waals surface area contributed by atoms with Crippen LogP contribution in [0.3, 0.4) is 0 Å². The van der Waals surface area contributed by atoms with Gasteiger partial charge in [-0.05, 0) is 61.1 Å². The topological polar surface area (TPSA) is 41.3 Å². The Kier molecular flexibility index (Phi) is 5.96. The molecule has 0 unspecified atom stereocenters. The van der Waals surface area contributed by atoms with E-state index < -0.39 is 0 Å². The maximum absolute atomic E-state index is 14.4. The molecule has 1 fully saturated rings. The fraction of sp³-hybridized carbons (Fsp3) is 0.273. The summed E-state index contributed by atoms with van der Waals surface area (Å²) in [6.45, 7) is 2.97. The molecule has 7 heteroatoms. The summed E-state index contributed by atoms with van der Waals surface area (Å²) < 4.78 is 21.3. The van der Waals surface area contributed by atoms with Gasteiger partial charge in [-0.25, -0.2) is 4.39 Å². The summed E-state index contributed by atoms with van der Waals surface area (Å²) in [7, 11) is 0. The minimum atomic E-state index is -0.329. The molecule has 0 saturated carbocycles. The normalized spacial score (nSPS) is 18.9. The number of aromatic nitrogens is 1. The van der Waals surface area contributed by atoms with Crippen LogP contribution in [-0.4, -0.2) is 21.5 Å². The summed E-state index contributed by atoms with van der Waals surface area (Å²) in [4.78, 5) is 6.67. The summed E-state index contributed by atoms with van der Waals surface area (Å²) in [6, 6.07) is 14.2. The Hall–Kier alpha value is -2.25. The number of nitrogens with one attached hydrogen (secondary N) is 1. The number of hydrogen-bond donors (Lipinski definition) is 1. The van der Waals surface area contributed by atoms with Crippen LogP contribution in [0.15, 0.2) is 63.6 Å². The molecule has 1 saturated heterocycles. The smallest absolute Gasteiger partial charge is 0.170 e. The Labute approximate surface area is 183 Å². The number of unbranched alkanes of at least 4 members (excludes halogenated alkanes) is 1. The van der Waals surface area contributed by atoms with Crippen molar-refractivity contribution in [3.8, 4) is 11.3 Å². The lowest BCUT2D eigenvalue weighted by Gasteiger charge is -2.25. The van der Waals surface area contributed by atoms with Crippen LogP contribution in [0.5, 0.6) is 0 Å². The molecule has 1 aromatic carbocycles. The summed E-state index contributed by atoms with van der Waals surface area (Å²) in [5.74, 6) is 0.906. The fourth-order valence-corrected chi connectivity index (χ4v) is 4.29. The predicted molar refractivity (Wildman–Crippen MR) is 119 cm³/mol. The summed E-state index contributed by atoms with van der Waals surface area (Å²) in [5, 5.41) is 4.09. The minimum absolute atomic E-state index is 0.130. The van der Waals surface area contributed by atoms with E-state index >= 15 is 0 Å². The molecule has 1 N–H and O–H groups in total. The lowest BCUT2D eigenvalue weighted by Crippen LogP contribution is -2.30. The molecule has 150 valence electrons. The first kappa shape index (κ1) is 20.0. The van der Waals surface area contributed by atoms with Gasteiger partial charge in [0, 0.05) is 17.2 Å². The molecular formula is C22H21BrFN3OS. The molecule has 0 radical (unpaired) electrons. The van der Waals surface area contributed by atoms with Crippen molar-refractivity contribution in [3.63, 3.8) is 0 Å². The van der Waals surface area contributed by atoms with Gasteiger partial charge in [-0.15, -0.1) is 0 Å². The molecule has 3 heterocycles. The Morgan fingerprint density at radius 3 is 2.83 bits per heavy atom. The number of thiocarbonyl (C=S) groups is 1. The van der Waals surface area contributed by atoms with Crippen LogP contribution in [0.1, 0.15) is 43.3 Å². The second-order valence-electron chi connectivity index (χ2n) is 7.00. The van der Waals surface area contributed by atoms with Crippen molar-refractivity contribution in [2.75, 3.05) is 6.54 Å². The molecule has 3 aromatic rings. The van der Waals surface area contributed by atoms with Crippen molar-refractivity contribution in [1.82, 2.24) is 15.2 Å². The van der Waals surface area contributed by atoms with Crippen molar-refractivity contribution < 1.29 is 8.81 Å². The van der Waals surface area contributed by atoms with E-state index in [-0.39, 0.29) is 17.9 Å². The first-order valence-corrected chi connectivity index (χ1v) is 10.8. The van der Waals surface area contributed by atoms with Gasteiger partial charge >= 0.3 is 0 Å². The number of benzene rings is 1. The molecule has 4 nitrogen and oxygen atoms in total. The van der Waals surface area contributed by atoms with E-state index in [4.69, 9.17) is 16.6 Å². The average molecular weight is 474 g/mol. The predicted octanol–water partition coefficient (Wildman–Crippen LogP) is 6.02. The molecule has 1 aliphatic heterocycles. The highest BCUT2D eigenvalue weighted by molar-refractivity contribution is 9.10. The van der Waals surface area contributed by atoms with Crippen molar-refractivity contribution >= 4 is 33.3 Å². The van der Waals surface area contributed by atoms with Gasteiger partial charge in [0.05, 0.1) is 17.3 Å². The third kappa shape index (κ3) is 4.07. The number of hydrogen-bond acceptors (Lipinski definition) is 3. The maximum atomic E-state index is 14.4. The number of rotatable bonds is 6. The molecule has 1 aliphatic rings. The monoisotopic (exact) mass is 473 g/mol. The van der Waals surface area contributed by atoms with Gasteiger partial charge in [0.25, 0.3) is 0 Å². The van der Waals surface area contributed by atoms with Crippen LogP contribution in [0.4, 0.5) is 4.39 Å². The summed E-state index contributed by atoms with van der Waals surface area (Å²) in [6.07, 6.45) is 3.85. The number of pyridine rings is 1. The lowest BCUT2D eigenvalue weighted by molar-refractivity contribution is 0.271. The third-order valence-electron chi connectivity index (χ3n) is 5.07. The van der Waals surface area contributed by atoms with Crippen molar-refractivity contribution in [2.24, 2.45) is 0 Å². The zero-order chi connectivity index (χ0) is 20.4. The first-order chi connectivity index (χ1) is 14.1. The molecule has 29 heavy (non-hydrogen) atoms. The number of halogens is 2. The first-order valence-electron chi connectivity index (χ1n) is 9.61. The highest BCUT2D eigenvalue weighted by Gasteiger charge is 2.41. The van der Waals surface area contributed by atoms with Gasteiger partial charge in [-0.3, -0.25) is 4.98 Å². The van der Waals surface area contributed by atoms with Crippen molar-refractivity contribution in [3.05, 3.63) is 76.5 Å². The Morgan fingerprint density at radius 1 is 1.24 bits per heavy atom. The Morgan fingerprint density at radius 2 is 2.10 bits per heavy atom. The molecule has 2 aromatic heterocycles. The van der Waals surface area contributed by atoms with Gasteiger partial charge in [0.15, 0.2) is 5.11 Å². The largest absolute Gasteiger partial charge is 0.459 e. The number of nitrogens with zero attached hydrogens (tertiary/aromatic N) is 2. The molecular weight excluding hydrogens is 453 g/mol. The van der Waals surface area contributed by atoms with Gasteiger partial charge in [-0.2, -0.15) is 0 Å². The quantitative estimate of drug-likeness (QED) is 0.443. The standard InChI is InChI=1S/C22H21BrFN3OS/c1-2-3-12-27-21(20(26-22(27)29)17-6-4-5-11-25-17)19-10-9-18(28-19)15-8-7-14(23)13-16(15)24/h4-11,13,20-21H,2-3,12H2,1H3,(H,26,29)/t20-,21-/m1/s1. The highest BCUT2D eigenvalue weighted by atomic mass is 79.9. The molecule has 0 aliphatic carbocycles. The van der Waals surface area contributed by atoms with Crippen LogP contribution in [0.25, 0.3) is 11.3 Å². The molecule has 0 bridgehead atoms. The third-order valence-corrected chi connectivity index (χ3v) is 5.91. The SMILES string of the molecule is CCCCN1C(=S)N[C@H](c2ccccn2)[C@H]1c1ccc(-c2ccc(Br)cc2F)o1. The highest BCUT2D eigenvalue weighted by Crippen LogP contribution is 2.40. The zero-order valence-electron chi connectivity index (χ0n) is 15.9. The Bertz CT molecular complexity index is 1010. The van der Waals surface area contributed by atoms with Crippen LogP contribution in [0, 0.1) is 5.82 Å². The van der Waals surface area contributed by atoms with E-state index in [1.807, 2.05) is 30.3 Å². The summed E-state index contributed by atoms with van der Waals surface area (Å²) >= 11 is 8.92. The summed E-state index contributed by atoms with van der Waals surface area (Å²) in [5.41, 5.74) is 1.33. The van der Waals surface area contributed by atoms with Gasteiger partial charge in [0.1, 0.15) is 23.4 Å². The Balaban J connectivity index is 1.72. The minimum Gasteiger partial charge on any atom is -0.459 e. The maximum Gasteiger partial charge on any atom is 0.170 e. The zero-order valence-corrected chi connectivity index (χ0v) is 18.3. The van der Waals surface area contributed by atoms with E-state index in [2.05, 4.69) is 38.1 Å². The van der Waals surface area contributed by atoms with E-state index in [0.717, 1.165) is 30.8 Å². The molecule has 0 amide bonds. The van der Waals surface area contributed by atoms with Crippen molar-refractivity contribution in [1.29, 1.82) is 0 Å². The molecule has 2 atom stereocenters. The number of furan rings is 1. The van der Waals surface area contributed by atoms with Gasteiger partial charge < -0.3 is 14.6 Å². The van der Waals surface area contributed by atoms with Gasteiger partial charge in [0.2, 0.25) is 0 Å². The second-order valence-corrected chi connectivity index (χ2v) is 8.30. The van der Waals surface area contributed by atoms with Gasteiger partial charge in [-0.1, -0.05) is 35.3 Å². The second kappa shape index (κ2) is 8.63. The van der Waals surface area contributed by atoms with Crippen LogP contribution in [0.2, 0.25) is 0 Å². The van der Waals surface area contributed by atoms with Crippen molar-refractivity contribution in [2.45, 2.75) is 31.8 Å². The van der Waals surface area contributed by atoms with E-state index in [1.165, 1.54) is 6.07 Å². The van der Waals surface area contributed by atoms with E-state index in [1.54, 1.807) is 18.3 Å². The van der Waals surface area contributed by atoms with E-state index in [0.29, 0.717) is 20.9 Å². The van der Waals surface area contributed by atoms with Crippen LogP contribution in [-0.2, 0) is 0 Å². The molecule has 0 spiro atoms.